The number of carbonyl (C=O) groups is 2. The maximum absolute atomic E-state index is 11.6. The molecule has 0 unspecified atom stereocenters. The summed E-state index contributed by atoms with van der Waals surface area (Å²) in [5.74, 6) is -0.714. The standard InChI is InChI=1S/C9H13N3O3/c1-3-15-8(13)6-12(2)9(14)7-4-5-10-11-7/h4-5H,3,6H2,1-2H3,(H,10,11). The van der Waals surface area contributed by atoms with E-state index in [0.29, 0.717) is 12.3 Å². The number of aromatic nitrogens is 2. The third-order valence-electron chi connectivity index (χ3n) is 1.75. The highest BCUT2D eigenvalue weighted by Gasteiger charge is 2.16. The first-order chi connectivity index (χ1) is 7.15. The fraction of sp³-hybridized carbons (Fsp3) is 0.444. The summed E-state index contributed by atoms with van der Waals surface area (Å²) in [5, 5.41) is 6.18. The van der Waals surface area contributed by atoms with Gasteiger partial charge in [-0.25, -0.2) is 0 Å². The summed E-state index contributed by atoms with van der Waals surface area (Å²) >= 11 is 0. The summed E-state index contributed by atoms with van der Waals surface area (Å²) in [4.78, 5) is 23.9. The molecule has 0 saturated heterocycles. The third kappa shape index (κ3) is 3.08. The van der Waals surface area contributed by atoms with Crippen LogP contribution in [-0.4, -0.2) is 47.2 Å². The molecule has 0 atom stereocenters. The van der Waals surface area contributed by atoms with Gasteiger partial charge in [-0.2, -0.15) is 5.10 Å². The lowest BCUT2D eigenvalue weighted by Crippen LogP contribution is -2.33. The van der Waals surface area contributed by atoms with Crippen LogP contribution >= 0.6 is 0 Å². The van der Waals surface area contributed by atoms with Gasteiger partial charge >= 0.3 is 5.97 Å². The van der Waals surface area contributed by atoms with Crippen LogP contribution in [0, 0.1) is 0 Å². The van der Waals surface area contributed by atoms with Crippen LogP contribution in [0.1, 0.15) is 17.4 Å². The van der Waals surface area contributed by atoms with Crippen molar-refractivity contribution in [2.75, 3.05) is 20.2 Å². The molecule has 0 bridgehead atoms. The van der Waals surface area contributed by atoms with Crippen LogP contribution in [-0.2, 0) is 9.53 Å². The molecule has 0 aliphatic carbocycles. The fourth-order valence-corrected chi connectivity index (χ4v) is 1.05. The van der Waals surface area contributed by atoms with Gasteiger partial charge in [0.1, 0.15) is 12.2 Å². The number of H-pyrrole nitrogens is 1. The molecule has 1 heterocycles. The van der Waals surface area contributed by atoms with Crippen molar-refractivity contribution in [3.8, 4) is 0 Å². The molecule has 1 amide bonds. The van der Waals surface area contributed by atoms with Crippen LogP contribution in [0.5, 0.6) is 0 Å². The van der Waals surface area contributed by atoms with Crippen LogP contribution in [0.2, 0.25) is 0 Å². The van der Waals surface area contributed by atoms with Gasteiger partial charge in [-0.05, 0) is 13.0 Å². The molecule has 0 aliphatic rings. The Bertz CT molecular complexity index is 334. The highest BCUT2D eigenvalue weighted by atomic mass is 16.5. The quantitative estimate of drug-likeness (QED) is 0.714. The summed E-state index contributed by atoms with van der Waals surface area (Å²) in [6.07, 6.45) is 1.48. The van der Waals surface area contributed by atoms with Crippen LogP contribution < -0.4 is 0 Å². The van der Waals surface area contributed by atoms with E-state index >= 15 is 0 Å². The molecule has 0 fully saturated rings. The van der Waals surface area contributed by atoms with Crippen molar-refractivity contribution in [3.05, 3.63) is 18.0 Å². The first-order valence-corrected chi connectivity index (χ1v) is 4.55. The molecule has 6 heteroatoms. The molecule has 82 valence electrons. The molecule has 6 nitrogen and oxygen atoms in total. The van der Waals surface area contributed by atoms with Gasteiger partial charge in [0.2, 0.25) is 0 Å². The molecule has 0 aliphatic heterocycles. The van der Waals surface area contributed by atoms with Crippen LogP contribution in [0.25, 0.3) is 0 Å². The van der Waals surface area contributed by atoms with E-state index in [0.717, 1.165) is 0 Å². The second-order valence-corrected chi connectivity index (χ2v) is 2.94. The second-order valence-electron chi connectivity index (χ2n) is 2.94. The highest BCUT2D eigenvalue weighted by molar-refractivity contribution is 5.93. The van der Waals surface area contributed by atoms with Crippen molar-refractivity contribution >= 4 is 11.9 Å². The molecule has 1 rings (SSSR count). The Morgan fingerprint density at radius 2 is 2.33 bits per heavy atom. The number of carbonyl (C=O) groups excluding carboxylic acids is 2. The van der Waals surface area contributed by atoms with Gasteiger partial charge < -0.3 is 9.64 Å². The molecule has 0 radical (unpaired) electrons. The predicted octanol–water partition coefficient (Wildman–Crippen LogP) is 0.0448. The van der Waals surface area contributed by atoms with Gasteiger partial charge in [0.25, 0.3) is 5.91 Å². The topological polar surface area (TPSA) is 75.3 Å². The van der Waals surface area contributed by atoms with Crippen molar-refractivity contribution in [1.29, 1.82) is 0 Å². The Morgan fingerprint density at radius 1 is 1.60 bits per heavy atom. The average Bonchev–Trinajstić information content (AvgIpc) is 2.69. The number of aromatic amines is 1. The summed E-state index contributed by atoms with van der Waals surface area (Å²) < 4.78 is 4.72. The lowest BCUT2D eigenvalue weighted by atomic mass is 10.4. The number of nitrogens with one attached hydrogen (secondary N) is 1. The SMILES string of the molecule is CCOC(=O)CN(C)C(=O)c1ccn[nH]1. The fourth-order valence-electron chi connectivity index (χ4n) is 1.05. The zero-order valence-corrected chi connectivity index (χ0v) is 8.69. The van der Waals surface area contributed by atoms with Crippen LogP contribution in [0.3, 0.4) is 0 Å². The number of ether oxygens (including phenoxy) is 1. The van der Waals surface area contributed by atoms with E-state index in [1.54, 1.807) is 13.0 Å². The molecule has 0 saturated carbocycles. The number of esters is 1. The van der Waals surface area contributed by atoms with E-state index in [-0.39, 0.29) is 12.5 Å². The average molecular weight is 211 g/mol. The smallest absolute Gasteiger partial charge is 0.325 e. The van der Waals surface area contributed by atoms with Gasteiger partial charge in [0.15, 0.2) is 0 Å². The Morgan fingerprint density at radius 3 is 2.87 bits per heavy atom. The molecule has 0 aromatic carbocycles. The molecular formula is C9H13N3O3. The number of likely N-dealkylation sites (N-methyl/N-ethyl adjacent to an activating group) is 1. The summed E-state index contributed by atoms with van der Waals surface area (Å²) in [7, 11) is 1.53. The minimum atomic E-state index is -0.423. The van der Waals surface area contributed by atoms with Crippen molar-refractivity contribution in [2.45, 2.75) is 6.92 Å². The number of amides is 1. The molecule has 1 aromatic heterocycles. The van der Waals surface area contributed by atoms with E-state index in [2.05, 4.69) is 10.2 Å². The van der Waals surface area contributed by atoms with E-state index in [9.17, 15) is 9.59 Å². The molecule has 15 heavy (non-hydrogen) atoms. The maximum atomic E-state index is 11.6. The first kappa shape index (κ1) is 11.2. The monoisotopic (exact) mass is 211 g/mol. The highest BCUT2D eigenvalue weighted by Crippen LogP contribution is 1.98. The number of nitrogens with zero attached hydrogens (tertiary/aromatic N) is 2. The van der Waals surface area contributed by atoms with Crippen LogP contribution in [0.4, 0.5) is 0 Å². The Balaban J connectivity index is 2.51. The largest absolute Gasteiger partial charge is 0.465 e. The maximum Gasteiger partial charge on any atom is 0.325 e. The summed E-state index contributed by atoms with van der Waals surface area (Å²) in [6, 6.07) is 1.55. The number of rotatable bonds is 4. The second kappa shape index (κ2) is 5.14. The Hall–Kier alpha value is -1.85. The number of hydrogen-bond acceptors (Lipinski definition) is 4. The minimum Gasteiger partial charge on any atom is -0.465 e. The molecular weight excluding hydrogens is 198 g/mol. The van der Waals surface area contributed by atoms with Crippen molar-refractivity contribution in [2.24, 2.45) is 0 Å². The zero-order valence-electron chi connectivity index (χ0n) is 8.69. The van der Waals surface area contributed by atoms with Gasteiger partial charge in [-0.3, -0.25) is 14.7 Å². The molecule has 0 spiro atoms. The minimum absolute atomic E-state index is 0.0638. The van der Waals surface area contributed by atoms with Gasteiger partial charge in [-0.1, -0.05) is 0 Å². The van der Waals surface area contributed by atoms with Gasteiger partial charge in [-0.15, -0.1) is 0 Å². The van der Waals surface area contributed by atoms with E-state index in [4.69, 9.17) is 4.74 Å². The Kier molecular flexibility index (Phi) is 3.84. The van der Waals surface area contributed by atoms with Gasteiger partial charge in [0.05, 0.1) is 6.61 Å². The summed E-state index contributed by atoms with van der Waals surface area (Å²) in [6.45, 7) is 1.96. The van der Waals surface area contributed by atoms with Crippen LogP contribution in [0.15, 0.2) is 12.3 Å². The van der Waals surface area contributed by atoms with Gasteiger partial charge in [0, 0.05) is 13.2 Å². The van der Waals surface area contributed by atoms with Crippen molar-refractivity contribution in [3.63, 3.8) is 0 Å². The number of hydrogen-bond donors (Lipinski definition) is 1. The molecule has 1 N–H and O–H groups in total. The summed E-state index contributed by atoms with van der Waals surface area (Å²) in [5.41, 5.74) is 0.349. The predicted molar refractivity (Wildman–Crippen MR) is 52.2 cm³/mol. The van der Waals surface area contributed by atoms with E-state index < -0.39 is 5.97 Å². The normalized spacial score (nSPS) is 9.73. The van der Waals surface area contributed by atoms with E-state index in [1.165, 1.54) is 18.1 Å². The van der Waals surface area contributed by atoms with Crippen molar-refractivity contribution in [1.82, 2.24) is 15.1 Å². The zero-order chi connectivity index (χ0) is 11.3. The van der Waals surface area contributed by atoms with Crippen molar-refractivity contribution < 1.29 is 14.3 Å². The first-order valence-electron chi connectivity index (χ1n) is 4.55. The van der Waals surface area contributed by atoms with E-state index in [1.807, 2.05) is 0 Å². The molecule has 1 aromatic rings. The Labute approximate surface area is 87.2 Å². The lowest BCUT2D eigenvalue weighted by Gasteiger charge is -2.14. The lowest BCUT2D eigenvalue weighted by molar-refractivity contribution is -0.143. The third-order valence-corrected chi connectivity index (χ3v) is 1.75.